The predicted molar refractivity (Wildman–Crippen MR) is 71.9 cm³/mol. The Hall–Kier alpha value is -0.0800. The van der Waals surface area contributed by atoms with Gasteiger partial charge in [0.1, 0.15) is 0 Å². The molecule has 0 fully saturated rings. The first kappa shape index (κ1) is 15.9. The molecule has 0 aliphatic heterocycles. The van der Waals surface area contributed by atoms with E-state index in [1.54, 1.807) is 0 Å². The Kier molecular flexibility index (Phi) is 6.57. The first-order valence-electron chi connectivity index (χ1n) is 6.66. The van der Waals surface area contributed by atoms with Crippen molar-refractivity contribution in [1.82, 2.24) is 5.32 Å². The third-order valence-electron chi connectivity index (χ3n) is 3.59. The number of methoxy groups -OCH3 is 1. The van der Waals surface area contributed by atoms with E-state index in [1.165, 1.54) is 6.42 Å². The maximum Gasteiger partial charge on any atom is 0.0830 e. The van der Waals surface area contributed by atoms with Crippen LogP contribution in [0.25, 0.3) is 0 Å². The third kappa shape index (κ3) is 3.74. The van der Waals surface area contributed by atoms with Gasteiger partial charge in [-0.3, -0.25) is 0 Å². The molecule has 0 amide bonds. The summed E-state index contributed by atoms with van der Waals surface area (Å²) < 4.78 is 5.86. The Morgan fingerprint density at radius 2 is 1.56 bits per heavy atom. The molecule has 0 rings (SSSR count). The maximum atomic E-state index is 5.86. The largest absolute Gasteiger partial charge is 0.377 e. The minimum absolute atomic E-state index is 0.0343. The lowest BCUT2D eigenvalue weighted by molar-refractivity contribution is -0.0755. The zero-order chi connectivity index (χ0) is 12.8. The molecule has 0 aromatic carbocycles. The van der Waals surface area contributed by atoms with E-state index in [2.05, 4.69) is 46.9 Å². The number of rotatable bonds is 7. The van der Waals surface area contributed by atoms with Crippen molar-refractivity contribution in [2.24, 2.45) is 5.41 Å². The molecule has 0 heterocycles. The minimum atomic E-state index is -0.0343. The molecule has 2 nitrogen and oxygen atoms in total. The molecule has 0 radical (unpaired) electrons. The van der Waals surface area contributed by atoms with Crippen LogP contribution in [0.3, 0.4) is 0 Å². The molecule has 0 aliphatic rings. The van der Waals surface area contributed by atoms with Gasteiger partial charge in [-0.25, -0.2) is 0 Å². The molecule has 1 N–H and O–H groups in total. The first-order chi connectivity index (χ1) is 7.37. The molecular weight excluding hydrogens is 198 g/mol. The van der Waals surface area contributed by atoms with Gasteiger partial charge >= 0.3 is 0 Å². The van der Waals surface area contributed by atoms with Crippen molar-refractivity contribution in [3.8, 4) is 0 Å². The fourth-order valence-electron chi connectivity index (χ4n) is 2.63. The van der Waals surface area contributed by atoms with Gasteiger partial charge in [0.25, 0.3) is 0 Å². The lowest BCUT2D eigenvalue weighted by atomic mass is 9.73. The summed E-state index contributed by atoms with van der Waals surface area (Å²) in [6.45, 7) is 14.6. The van der Waals surface area contributed by atoms with Crippen LogP contribution in [0.15, 0.2) is 0 Å². The van der Waals surface area contributed by atoms with E-state index in [1.807, 2.05) is 7.11 Å². The number of nitrogens with one attached hydrogen (secondary N) is 1. The Labute approximate surface area is 102 Å². The second-order valence-corrected chi connectivity index (χ2v) is 5.73. The zero-order valence-electron chi connectivity index (χ0n) is 12.3. The highest BCUT2D eigenvalue weighted by Gasteiger charge is 2.42. The fraction of sp³-hybridized carbons (Fsp3) is 1.00. The molecule has 1 unspecified atom stereocenters. The summed E-state index contributed by atoms with van der Waals surface area (Å²) in [5.41, 5.74) is 0.185. The predicted octanol–water partition coefficient (Wildman–Crippen LogP) is 3.61. The van der Waals surface area contributed by atoms with E-state index in [9.17, 15) is 0 Å². The Bertz CT molecular complexity index is 171. The molecule has 0 aromatic heterocycles. The van der Waals surface area contributed by atoms with Crippen LogP contribution < -0.4 is 5.32 Å². The third-order valence-corrected chi connectivity index (χ3v) is 3.59. The van der Waals surface area contributed by atoms with E-state index in [4.69, 9.17) is 4.74 Å². The maximum absolute atomic E-state index is 5.86. The molecule has 0 saturated heterocycles. The summed E-state index contributed by atoms with van der Waals surface area (Å²) in [5.74, 6) is 0. The standard InChI is InChI=1S/C14H31NO/c1-8-11-15-12(13(4,5)6)14(9-2,10-3)16-7/h12,15H,8-11H2,1-7H3. The summed E-state index contributed by atoms with van der Waals surface area (Å²) in [6.07, 6.45) is 3.27. The van der Waals surface area contributed by atoms with Crippen molar-refractivity contribution in [3.63, 3.8) is 0 Å². The van der Waals surface area contributed by atoms with Crippen LogP contribution in [0.5, 0.6) is 0 Å². The molecule has 2 heteroatoms. The fourth-order valence-corrected chi connectivity index (χ4v) is 2.63. The van der Waals surface area contributed by atoms with Crippen molar-refractivity contribution in [3.05, 3.63) is 0 Å². The van der Waals surface area contributed by atoms with Crippen LogP contribution in [0.1, 0.15) is 60.8 Å². The van der Waals surface area contributed by atoms with Gasteiger partial charge in [0.05, 0.1) is 5.60 Å². The van der Waals surface area contributed by atoms with E-state index in [-0.39, 0.29) is 11.0 Å². The topological polar surface area (TPSA) is 21.3 Å². The van der Waals surface area contributed by atoms with Crippen molar-refractivity contribution in [2.75, 3.05) is 13.7 Å². The lowest BCUT2D eigenvalue weighted by Crippen LogP contribution is -2.58. The highest BCUT2D eigenvalue weighted by Crippen LogP contribution is 2.35. The van der Waals surface area contributed by atoms with Gasteiger partial charge in [-0.1, -0.05) is 41.5 Å². The second kappa shape index (κ2) is 6.61. The first-order valence-corrected chi connectivity index (χ1v) is 6.66. The molecule has 0 aliphatic carbocycles. The smallest absolute Gasteiger partial charge is 0.0830 e. The number of ether oxygens (including phenoxy) is 1. The average Bonchev–Trinajstić information content (AvgIpc) is 2.23. The van der Waals surface area contributed by atoms with Gasteiger partial charge in [-0.2, -0.15) is 0 Å². The molecule has 98 valence electrons. The molecule has 0 spiro atoms. The summed E-state index contributed by atoms with van der Waals surface area (Å²) in [6, 6.07) is 0.403. The van der Waals surface area contributed by atoms with Crippen LogP contribution in [-0.4, -0.2) is 25.3 Å². The summed E-state index contributed by atoms with van der Waals surface area (Å²) in [4.78, 5) is 0. The minimum Gasteiger partial charge on any atom is -0.377 e. The summed E-state index contributed by atoms with van der Waals surface area (Å²) >= 11 is 0. The quantitative estimate of drug-likeness (QED) is 0.720. The van der Waals surface area contributed by atoms with Crippen LogP contribution in [0.4, 0.5) is 0 Å². The average molecular weight is 229 g/mol. The number of hydrogen-bond acceptors (Lipinski definition) is 2. The monoisotopic (exact) mass is 229 g/mol. The van der Waals surface area contributed by atoms with E-state index < -0.39 is 0 Å². The van der Waals surface area contributed by atoms with Gasteiger partial charge in [-0.15, -0.1) is 0 Å². The van der Waals surface area contributed by atoms with Gasteiger partial charge in [0, 0.05) is 13.2 Å². The number of hydrogen-bond donors (Lipinski definition) is 1. The highest BCUT2D eigenvalue weighted by atomic mass is 16.5. The summed E-state index contributed by atoms with van der Waals surface area (Å²) in [5, 5.41) is 3.68. The molecular formula is C14H31NO. The van der Waals surface area contributed by atoms with Crippen molar-refractivity contribution < 1.29 is 4.74 Å². The normalized spacial score (nSPS) is 15.2. The molecule has 0 aromatic rings. The molecule has 0 bridgehead atoms. The van der Waals surface area contributed by atoms with Gasteiger partial charge < -0.3 is 10.1 Å². The van der Waals surface area contributed by atoms with Crippen LogP contribution in [0.2, 0.25) is 0 Å². The van der Waals surface area contributed by atoms with Crippen LogP contribution in [0, 0.1) is 5.41 Å². The second-order valence-electron chi connectivity index (χ2n) is 5.73. The van der Waals surface area contributed by atoms with E-state index >= 15 is 0 Å². The van der Waals surface area contributed by atoms with Crippen molar-refractivity contribution >= 4 is 0 Å². The van der Waals surface area contributed by atoms with Crippen LogP contribution in [-0.2, 0) is 4.74 Å². The Balaban J connectivity index is 4.96. The summed E-state index contributed by atoms with van der Waals surface area (Å²) in [7, 11) is 1.85. The molecule has 1 atom stereocenters. The van der Waals surface area contributed by atoms with Crippen LogP contribution >= 0.6 is 0 Å². The zero-order valence-corrected chi connectivity index (χ0v) is 12.3. The van der Waals surface area contributed by atoms with Gasteiger partial charge in [0.2, 0.25) is 0 Å². The highest BCUT2D eigenvalue weighted by molar-refractivity contribution is 4.98. The Morgan fingerprint density at radius 1 is 1.06 bits per heavy atom. The van der Waals surface area contributed by atoms with Gasteiger partial charge in [-0.05, 0) is 31.2 Å². The Morgan fingerprint density at radius 3 is 1.81 bits per heavy atom. The van der Waals surface area contributed by atoms with Crippen molar-refractivity contribution in [1.29, 1.82) is 0 Å². The molecule has 16 heavy (non-hydrogen) atoms. The van der Waals surface area contributed by atoms with E-state index in [0.29, 0.717) is 6.04 Å². The van der Waals surface area contributed by atoms with Gasteiger partial charge in [0.15, 0.2) is 0 Å². The SMILES string of the molecule is CCCNC(C(C)(C)C)C(CC)(CC)OC. The van der Waals surface area contributed by atoms with Crippen molar-refractivity contribution in [2.45, 2.75) is 72.4 Å². The van der Waals surface area contributed by atoms with E-state index in [0.717, 1.165) is 19.4 Å². The lowest BCUT2D eigenvalue weighted by Gasteiger charge is -2.46. The molecule has 0 saturated carbocycles.